The van der Waals surface area contributed by atoms with E-state index in [4.69, 9.17) is 9.15 Å². The molecule has 6 nitrogen and oxygen atoms in total. The predicted octanol–water partition coefficient (Wildman–Crippen LogP) is 3.74. The van der Waals surface area contributed by atoms with E-state index in [0.29, 0.717) is 9.80 Å². The van der Waals surface area contributed by atoms with Crippen molar-refractivity contribution >= 4 is 48.5 Å². The number of nitrogens with one attached hydrogen (secondary N) is 1. The third-order valence-corrected chi connectivity index (χ3v) is 5.34. The van der Waals surface area contributed by atoms with Crippen molar-refractivity contribution in [3.63, 3.8) is 0 Å². The van der Waals surface area contributed by atoms with Crippen molar-refractivity contribution in [1.29, 1.82) is 0 Å². The predicted molar refractivity (Wildman–Crippen MR) is 100 cm³/mol. The Labute approximate surface area is 156 Å². The van der Waals surface area contributed by atoms with Gasteiger partial charge in [-0.2, -0.15) is 0 Å². The van der Waals surface area contributed by atoms with Gasteiger partial charge < -0.3 is 9.15 Å². The Kier molecular flexibility index (Phi) is 4.85. The molecule has 1 aliphatic rings. The van der Waals surface area contributed by atoms with Gasteiger partial charge in [0.05, 0.1) is 23.4 Å². The first-order valence-electron chi connectivity index (χ1n) is 7.94. The van der Waals surface area contributed by atoms with Gasteiger partial charge >= 0.3 is 0 Å². The minimum atomic E-state index is -0.307. The number of anilines is 1. The summed E-state index contributed by atoms with van der Waals surface area (Å²) in [5, 5.41) is 3.35. The molecule has 3 aromatic rings. The van der Waals surface area contributed by atoms with Gasteiger partial charge in [0.25, 0.3) is 5.91 Å². The monoisotopic (exact) mass is 421 g/mol. The van der Waals surface area contributed by atoms with Crippen LogP contribution in [0.15, 0.2) is 39.4 Å². The number of thiazole rings is 1. The van der Waals surface area contributed by atoms with E-state index < -0.39 is 0 Å². The fourth-order valence-corrected chi connectivity index (χ4v) is 3.96. The minimum Gasteiger partial charge on any atom is -0.444 e. The molecular weight excluding hydrogens is 406 g/mol. The Balaban J connectivity index is 1.48. The molecule has 1 aliphatic heterocycles. The molecule has 8 heteroatoms. The molecule has 0 radical (unpaired) electrons. The summed E-state index contributed by atoms with van der Waals surface area (Å²) in [5.74, 6) is -0.0579. The number of morpholine rings is 1. The maximum Gasteiger partial charge on any atom is 0.293 e. The topological polar surface area (TPSA) is 67.6 Å². The zero-order chi connectivity index (χ0) is 17.2. The molecule has 1 N–H and O–H groups in total. The lowest BCUT2D eigenvalue weighted by Crippen LogP contribution is -2.35. The number of carbonyl (C=O) groups is 1. The summed E-state index contributed by atoms with van der Waals surface area (Å²) >= 11 is 4.65. The number of fused-ring (bicyclic) bond motifs is 1. The Morgan fingerprint density at radius 3 is 2.88 bits per heavy atom. The van der Waals surface area contributed by atoms with Gasteiger partial charge in [-0.1, -0.05) is 17.4 Å². The molecule has 4 rings (SSSR count). The molecule has 2 aromatic heterocycles. The second-order valence-corrected chi connectivity index (χ2v) is 7.58. The molecule has 0 spiro atoms. The normalized spacial score (nSPS) is 15.6. The van der Waals surface area contributed by atoms with Crippen molar-refractivity contribution in [1.82, 2.24) is 9.88 Å². The average molecular weight is 422 g/mol. The zero-order valence-electron chi connectivity index (χ0n) is 13.3. The minimum absolute atomic E-state index is 0.249. The van der Waals surface area contributed by atoms with E-state index in [1.54, 1.807) is 12.1 Å². The van der Waals surface area contributed by atoms with Gasteiger partial charge in [0.1, 0.15) is 0 Å². The van der Waals surface area contributed by atoms with Crippen LogP contribution in [0.1, 0.15) is 16.1 Å². The molecule has 0 unspecified atom stereocenters. The number of hydrogen-bond donors (Lipinski definition) is 1. The number of hydrogen-bond acceptors (Lipinski definition) is 6. The number of furan rings is 1. The van der Waals surface area contributed by atoms with Crippen molar-refractivity contribution in [2.75, 3.05) is 31.6 Å². The third kappa shape index (κ3) is 3.92. The van der Waals surface area contributed by atoms with Crippen molar-refractivity contribution in [2.45, 2.75) is 6.54 Å². The smallest absolute Gasteiger partial charge is 0.293 e. The zero-order valence-corrected chi connectivity index (χ0v) is 15.7. The van der Waals surface area contributed by atoms with Gasteiger partial charge in [0.2, 0.25) is 0 Å². The molecule has 1 saturated heterocycles. The average Bonchev–Trinajstić information content (AvgIpc) is 3.21. The molecule has 0 atom stereocenters. The van der Waals surface area contributed by atoms with Crippen LogP contribution in [0.3, 0.4) is 0 Å². The molecule has 1 aromatic carbocycles. The van der Waals surface area contributed by atoms with E-state index in [2.05, 4.69) is 43.3 Å². The largest absolute Gasteiger partial charge is 0.444 e. The summed E-state index contributed by atoms with van der Waals surface area (Å²) in [6, 6.07) is 9.54. The molecule has 25 heavy (non-hydrogen) atoms. The van der Waals surface area contributed by atoms with E-state index in [-0.39, 0.29) is 11.7 Å². The molecule has 0 aliphatic carbocycles. The van der Waals surface area contributed by atoms with Crippen molar-refractivity contribution in [3.8, 4) is 0 Å². The van der Waals surface area contributed by atoms with Crippen LogP contribution in [-0.2, 0) is 11.3 Å². The number of ether oxygens (including phenoxy) is 1. The van der Waals surface area contributed by atoms with Crippen LogP contribution in [0.25, 0.3) is 10.2 Å². The maximum atomic E-state index is 12.2. The molecule has 0 saturated carbocycles. The van der Waals surface area contributed by atoms with Gasteiger partial charge in [-0.25, -0.2) is 4.98 Å². The van der Waals surface area contributed by atoms with Crippen molar-refractivity contribution < 1.29 is 13.9 Å². The van der Waals surface area contributed by atoms with Gasteiger partial charge in [0, 0.05) is 19.6 Å². The fraction of sp³-hybridized carbons (Fsp3) is 0.294. The molecular formula is C17H16BrN3O3S. The number of rotatable bonds is 4. The van der Waals surface area contributed by atoms with Crippen LogP contribution in [-0.4, -0.2) is 42.1 Å². The Hall–Kier alpha value is -1.74. The van der Waals surface area contributed by atoms with E-state index in [1.165, 1.54) is 16.9 Å². The van der Waals surface area contributed by atoms with E-state index >= 15 is 0 Å². The summed E-state index contributed by atoms with van der Waals surface area (Å²) in [7, 11) is 0. The number of amides is 1. The summed E-state index contributed by atoms with van der Waals surface area (Å²) < 4.78 is 12.2. The van der Waals surface area contributed by atoms with E-state index in [9.17, 15) is 4.79 Å². The third-order valence-electron chi connectivity index (χ3n) is 3.98. The van der Waals surface area contributed by atoms with Crippen LogP contribution < -0.4 is 5.32 Å². The summed E-state index contributed by atoms with van der Waals surface area (Å²) in [5.41, 5.74) is 2.12. The lowest BCUT2D eigenvalue weighted by atomic mass is 10.2. The number of carbonyl (C=O) groups excluding carboxylic acids is 1. The summed E-state index contributed by atoms with van der Waals surface area (Å²) in [6.07, 6.45) is 0. The lowest BCUT2D eigenvalue weighted by molar-refractivity contribution is 0.0342. The number of benzene rings is 1. The fourth-order valence-electron chi connectivity index (χ4n) is 2.73. The molecule has 0 bridgehead atoms. The van der Waals surface area contributed by atoms with Gasteiger partial charge in [-0.3, -0.25) is 15.0 Å². The Morgan fingerprint density at radius 1 is 1.28 bits per heavy atom. The maximum absolute atomic E-state index is 12.2. The van der Waals surface area contributed by atoms with Crippen LogP contribution in [0.5, 0.6) is 0 Å². The van der Waals surface area contributed by atoms with E-state index in [1.807, 2.05) is 6.07 Å². The van der Waals surface area contributed by atoms with Crippen molar-refractivity contribution in [3.05, 3.63) is 46.3 Å². The Bertz CT molecular complexity index is 902. The van der Waals surface area contributed by atoms with Crippen LogP contribution in [0, 0.1) is 0 Å². The molecule has 130 valence electrons. The first kappa shape index (κ1) is 16.7. The van der Waals surface area contributed by atoms with Gasteiger partial charge in [-0.05, 0) is 45.8 Å². The first-order valence-corrected chi connectivity index (χ1v) is 9.54. The quantitative estimate of drug-likeness (QED) is 0.694. The number of aromatic nitrogens is 1. The summed E-state index contributed by atoms with van der Waals surface area (Å²) in [6.45, 7) is 4.41. The number of halogens is 1. The molecule has 3 heterocycles. The van der Waals surface area contributed by atoms with Gasteiger partial charge in [-0.15, -0.1) is 0 Å². The Morgan fingerprint density at radius 2 is 2.12 bits per heavy atom. The number of nitrogens with zero attached hydrogens (tertiary/aromatic N) is 2. The highest BCUT2D eigenvalue weighted by molar-refractivity contribution is 9.10. The molecule has 1 amide bonds. The molecule has 1 fully saturated rings. The highest BCUT2D eigenvalue weighted by Gasteiger charge is 2.15. The highest BCUT2D eigenvalue weighted by Crippen LogP contribution is 2.28. The SMILES string of the molecule is O=C(Nc1nc2ccc(CN3CCOCC3)cc2s1)c1ccc(Br)o1. The van der Waals surface area contributed by atoms with Crippen LogP contribution >= 0.6 is 27.3 Å². The lowest BCUT2D eigenvalue weighted by Gasteiger charge is -2.26. The second-order valence-electron chi connectivity index (χ2n) is 5.77. The second kappa shape index (κ2) is 7.25. The van der Waals surface area contributed by atoms with Crippen LogP contribution in [0.4, 0.5) is 5.13 Å². The van der Waals surface area contributed by atoms with Crippen molar-refractivity contribution in [2.24, 2.45) is 0 Å². The highest BCUT2D eigenvalue weighted by atomic mass is 79.9. The standard InChI is InChI=1S/C17H16BrN3O3S/c18-15-4-3-13(24-15)16(22)20-17-19-12-2-1-11(9-14(12)25-17)10-21-5-7-23-8-6-21/h1-4,9H,5-8,10H2,(H,19,20,22). The first-order chi connectivity index (χ1) is 12.2. The summed E-state index contributed by atoms with van der Waals surface area (Å²) in [4.78, 5) is 19.0. The van der Waals surface area contributed by atoms with Gasteiger partial charge in [0.15, 0.2) is 15.6 Å². The van der Waals surface area contributed by atoms with E-state index in [0.717, 1.165) is 43.1 Å². The van der Waals surface area contributed by atoms with Crippen LogP contribution in [0.2, 0.25) is 0 Å².